The van der Waals surface area contributed by atoms with Gasteiger partial charge in [0.2, 0.25) is 5.78 Å². The molecule has 1 saturated heterocycles. The first kappa shape index (κ1) is 13.7. The van der Waals surface area contributed by atoms with E-state index in [-0.39, 0.29) is 5.56 Å². The van der Waals surface area contributed by atoms with Crippen LogP contribution in [0.25, 0.3) is 0 Å². The molecule has 1 unspecified atom stereocenters. The third-order valence-electron chi connectivity index (χ3n) is 3.12. The summed E-state index contributed by atoms with van der Waals surface area (Å²) in [5.41, 5.74) is 3.47. The highest BCUT2D eigenvalue weighted by Gasteiger charge is 2.38. The van der Waals surface area contributed by atoms with Gasteiger partial charge in [0.15, 0.2) is 0 Å². The zero-order chi connectivity index (χ0) is 15.0. The number of nitrogens with zero attached hydrogens (tertiary/aromatic N) is 1. The van der Waals surface area contributed by atoms with Gasteiger partial charge in [-0.2, -0.15) is 0 Å². The zero-order valence-corrected chi connectivity index (χ0v) is 10.8. The number of rotatable bonds is 2. The van der Waals surface area contributed by atoms with Crippen molar-refractivity contribution in [3.8, 4) is 0 Å². The normalized spacial score (nSPS) is 19.0. The van der Waals surface area contributed by atoms with Crippen molar-refractivity contribution in [2.24, 2.45) is 0 Å². The molecule has 1 amide bonds. The summed E-state index contributed by atoms with van der Waals surface area (Å²) < 4.78 is 0. The Hall–Kier alpha value is -2.70. The highest BCUT2D eigenvalue weighted by Crippen LogP contribution is 2.23. The number of hydrazine groups is 1. The molecule has 1 heterocycles. The molecule has 0 aromatic heterocycles. The lowest BCUT2D eigenvalue weighted by atomic mass is 10.0. The van der Waals surface area contributed by atoms with Gasteiger partial charge in [0.1, 0.15) is 6.04 Å². The minimum Gasteiger partial charge on any atom is -0.478 e. The first-order chi connectivity index (χ1) is 9.32. The number of Topliss-reactive ketones (excluding diaryl/α,β-unsaturated/α-hetero) is 2. The molecule has 1 aliphatic heterocycles. The van der Waals surface area contributed by atoms with Crippen LogP contribution >= 0.6 is 0 Å². The lowest BCUT2D eigenvalue weighted by molar-refractivity contribution is -0.147. The molecule has 104 valence electrons. The molecule has 1 aromatic rings. The molecule has 0 saturated carbocycles. The largest absolute Gasteiger partial charge is 0.478 e. The molecule has 0 radical (unpaired) electrons. The van der Waals surface area contributed by atoms with Gasteiger partial charge in [0.05, 0.1) is 11.3 Å². The van der Waals surface area contributed by atoms with Crippen molar-refractivity contribution in [2.75, 3.05) is 5.01 Å². The standard InChI is InChI=1S/C13H12N2O5/c1-6-5-8(13(19)20)3-4-9(6)15-7(2)10(16)11(17)12(18)14-15/h3-5,7H,1-2H3,(H,14,18)(H,19,20). The van der Waals surface area contributed by atoms with Crippen molar-refractivity contribution < 1.29 is 24.3 Å². The molecule has 2 rings (SSSR count). The fraction of sp³-hybridized carbons (Fsp3) is 0.231. The molecule has 1 fully saturated rings. The maximum absolute atomic E-state index is 11.7. The number of nitrogens with one attached hydrogen (secondary N) is 1. The van der Waals surface area contributed by atoms with Gasteiger partial charge in [-0.25, -0.2) is 4.79 Å². The zero-order valence-electron chi connectivity index (χ0n) is 10.8. The Morgan fingerprint density at radius 3 is 2.50 bits per heavy atom. The highest BCUT2D eigenvalue weighted by molar-refractivity contribution is 6.65. The second-order valence-electron chi connectivity index (χ2n) is 4.49. The van der Waals surface area contributed by atoms with Crippen LogP contribution < -0.4 is 10.4 Å². The summed E-state index contributed by atoms with van der Waals surface area (Å²) in [6.07, 6.45) is 0. The van der Waals surface area contributed by atoms with Crippen LogP contribution in [0.15, 0.2) is 18.2 Å². The van der Waals surface area contributed by atoms with Crippen LogP contribution in [0.2, 0.25) is 0 Å². The number of carbonyl (C=O) groups is 4. The molecule has 0 aliphatic carbocycles. The van der Waals surface area contributed by atoms with E-state index in [2.05, 4.69) is 5.43 Å². The Balaban J connectivity index is 2.41. The van der Waals surface area contributed by atoms with Gasteiger partial charge in [0, 0.05) is 0 Å². The molecule has 20 heavy (non-hydrogen) atoms. The summed E-state index contributed by atoms with van der Waals surface area (Å²) in [7, 11) is 0. The number of aromatic carboxylic acids is 1. The summed E-state index contributed by atoms with van der Waals surface area (Å²) in [5.74, 6) is -3.93. The third-order valence-corrected chi connectivity index (χ3v) is 3.12. The number of anilines is 1. The number of carbonyl (C=O) groups excluding carboxylic acids is 3. The Labute approximate surface area is 114 Å². The molecule has 1 atom stereocenters. The average molecular weight is 276 g/mol. The van der Waals surface area contributed by atoms with Gasteiger partial charge in [0.25, 0.3) is 5.78 Å². The lowest BCUT2D eigenvalue weighted by Crippen LogP contribution is -2.61. The number of aryl methyl sites for hydroxylation is 1. The van der Waals surface area contributed by atoms with E-state index in [1.807, 2.05) is 0 Å². The second-order valence-corrected chi connectivity index (χ2v) is 4.49. The van der Waals surface area contributed by atoms with Crippen LogP contribution in [0, 0.1) is 6.92 Å². The number of amides is 1. The van der Waals surface area contributed by atoms with E-state index in [1.165, 1.54) is 30.1 Å². The number of carboxylic acids is 1. The van der Waals surface area contributed by atoms with Gasteiger partial charge in [-0.15, -0.1) is 0 Å². The molecule has 0 spiro atoms. The average Bonchev–Trinajstić information content (AvgIpc) is 2.40. The highest BCUT2D eigenvalue weighted by atomic mass is 16.4. The molecule has 7 heteroatoms. The van der Waals surface area contributed by atoms with Crippen molar-refractivity contribution in [3.63, 3.8) is 0 Å². The van der Waals surface area contributed by atoms with Crippen molar-refractivity contribution in [1.82, 2.24) is 5.43 Å². The quantitative estimate of drug-likeness (QED) is 0.741. The van der Waals surface area contributed by atoms with Gasteiger partial charge in [-0.1, -0.05) is 0 Å². The van der Waals surface area contributed by atoms with E-state index in [9.17, 15) is 19.2 Å². The smallest absolute Gasteiger partial charge is 0.335 e. The lowest BCUT2D eigenvalue weighted by Gasteiger charge is -2.34. The van der Waals surface area contributed by atoms with Crippen LogP contribution in [0.3, 0.4) is 0 Å². The minimum atomic E-state index is -1.08. The number of ketones is 2. The fourth-order valence-electron chi connectivity index (χ4n) is 2.00. The van der Waals surface area contributed by atoms with Crippen LogP contribution in [0.4, 0.5) is 5.69 Å². The van der Waals surface area contributed by atoms with Crippen LogP contribution in [0.5, 0.6) is 0 Å². The number of benzene rings is 1. The van der Waals surface area contributed by atoms with E-state index in [4.69, 9.17) is 5.11 Å². The minimum absolute atomic E-state index is 0.102. The van der Waals surface area contributed by atoms with Gasteiger partial charge >= 0.3 is 11.9 Å². The summed E-state index contributed by atoms with van der Waals surface area (Å²) in [4.78, 5) is 45.2. The van der Waals surface area contributed by atoms with Gasteiger partial charge in [-0.3, -0.25) is 24.8 Å². The van der Waals surface area contributed by atoms with Crippen LogP contribution in [-0.4, -0.2) is 34.6 Å². The predicted octanol–water partition coefficient (Wildman–Crippen LogP) is 0.0711. The SMILES string of the molecule is Cc1cc(C(=O)O)ccc1N1NC(=O)C(=O)C(=O)C1C. The molecular formula is C13H12N2O5. The summed E-state index contributed by atoms with van der Waals surface area (Å²) in [6, 6.07) is 3.44. The fourth-order valence-corrected chi connectivity index (χ4v) is 2.00. The number of hydrogen-bond acceptors (Lipinski definition) is 5. The van der Waals surface area contributed by atoms with Crippen molar-refractivity contribution >= 4 is 29.1 Å². The predicted molar refractivity (Wildman–Crippen MR) is 68.2 cm³/mol. The van der Waals surface area contributed by atoms with E-state index in [0.29, 0.717) is 11.3 Å². The van der Waals surface area contributed by atoms with Crippen LogP contribution in [0.1, 0.15) is 22.8 Å². The molecule has 2 N–H and O–H groups in total. The maximum atomic E-state index is 11.7. The first-order valence-electron chi connectivity index (χ1n) is 5.85. The Morgan fingerprint density at radius 2 is 1.95 bits per heavy atom. The van der Waals surface area contributed by atoms with E-state index >= 15 is 0 Å². The topological polar surface area (TPSA) is 104 Å². The van der Waals surface area contributed by atoms with Gasteiger partial charge < -0.3 is 5.11 Å². The molecule has 1 aromatic carbocycles. The van der Waals surface area contributed by atoms with E-state index in [1.54, 1.807) is 6.92 Å². The Kier molecular flexibility index (Phi) is 3.27. The first-order valence-corrected chi connectivity index (χ1v) is 5.85. The molecule has 7 nitrogen and oxygen atoms in total. The van der Waals surface area contributed by atoms with Gasteiger partial charge in [-0.05, 0) is 37.6 Å². The van der Waals surface area contributed by atoms with E-state index < -0.39 is 29.5 Å². The third kappa shape index (κ3) is 2.13. The van der Waals surface area contributed by atoms with Crippen LogP contribution in [-0.2, 0) is 14.4 Å². The molecule has 1 aliphatic rings. The van der Waals surface area contributed by atoms with E-state index in [0.717, 1.165) is 0 Å². The Morgan fingerprint density at radius 1 is 1.30 bits per heavy atom. The molecule has 0 bridgehead atoms. The molecular weight excluding hydrogens is 264 g/mol. The number of hydrogen-bond donors (Lipinski definition) is 2. The summed E-state index contributed by atoms with van der Waals surface area (Å²) in [5, 5.41) is 10.2. The van der Waals surface area contributed by atoms with Crippen molar-refractivity contribution in [1.29, 1.82) is 0 Å². The van der Waals surface area contributed by atoms with Crippen molar-refractivity contribution in [3.05, 3.63) is 29.3 Å². The second kappa shape index (κ2) is 4.76. The maximum Gasteiger partial charge on any atom is 0.335 e. The summed E-state index contributed by atoms with van der Waals surface area (Å²) in [6.45, 7) is 3.14. The monoisotopic (exact) mass is 276 g/mol. The number of carboxylic acid groups (broad SMARTS) is 1. The Bertz CT molecular complexity index is 638. The summed E-state index contributed by atoms with van der Waals surface area (Å²) >= 11 is 0. The van der Waals surface area contributed by atoms with Crippen molar-refractivity contribution in [2.45, 2.75) is 19.9 Å².